The van der Waals surface area contributed by atoms with Crippen LogP contribution >= 0.6 is 11.6 Å². The SMILES string of the molecule is CC1(CC(=O)Nc2ccc(Cl)cc2)CCC(c2ccnc3ccccc23)CC1. The van der Waals surface area contributed by atoms with Gasteiger partial charge >= 0.3 is 0 Å². The lowest BCUT2D eigenvalue weighted by Gasteiger charge is -2.37. The number of anilines is 1. The number of nitrogens with zero attached hydrogens (tertiary/aromatic N) is 1. The lowest BCUT2D eigenvalue weighted by molar-refractivity contribution is -0.118. The molecule has 4 heteroatoms. The molecule has 0 bridgehead atoms. The van der Waals surface area contributed by atoms with Crippen LogP contribution in [-0.4, -0.2) is 10.9 Å². The van der Waals surface area contributed by atoms with Crippen molar-refractivity contribution in [2.24, 2.45) is 5.41 Å². The molecular weight excluding hydrogens is 368 g/mol. The number of hydrogen-bond donors (Lipinski definition) is 1. The highest BCUT2D eigenvalue weighted by Gasteiger charge is 2.34. The molecule has 0 aliphatic heterocycles. The van der Waals surface area contributed by atoms with Crippen LogP contribution in [-0.2, 0) is 4.79 Å². The summed E-state index contributed by atoms with van der Waals surface area (Å²) in [6.45, 7) is 2.25. The van der Waals surface area contributed by atoms with Gasteiger partial charge in [0.2, 0.25) is 5.91 Å². The van der Waals surface area contributed by atoms with Gasteiger partial charge in [0.25, 0.3) is 0 Å². The van der Waals surface area contributed by atoms with E-state index in [1.54, 1.807) is 12.1 Å². The van der Waals surface area contributed by atoms with Crippen molar-refractivity contribution in [1.82, 2.24) is 4.98 Å². The molecule has 0 unspecified atom stereocenters. The van der Waals surface area contributed by atoms with Gasteiger partial charge in [-0.3, -0.25) is 9.78 Å². The fourth-order valence-corrected chi connectivity index (χ4v) is 4.53. The van der Waals surface area contributed by atoms with Gasteiger partial charge in [0.1, 0.15) is 0 Å². The average Bonchev–Trinajstić information content (AvgIpc) is 2.70. The lowest BCUT2D eigenvalue weighted by atomic mass is 9.68. The molecule has 28 heavy (non-hydrogen) atoms. The van der Waals surface area contributed by atoms with Crippen LogP contribution in [0, 0.1) is 5.41 Å². The van der Waals surface area contributed by atoms with Crippen LogP contribution in [0.3, 0.4) is 0 Å². The Morgan fingerprint density at radius 3 is 2.57 bits per heavy atom. The summed E-state index contributed by atoms with van der Waals surface area (Å²) >= 11 is 5.91. The number of carbonyl (C=O) groups is 1. The number of pyridine rings is 1. The highest BCUT2D eigenvalue weighted by Crippen LogP contribution is 2.46. The van der Waals surface area contributed by atoms with Crippen molar-refractivity contribution in [2.45, 2.75) is 44.9 Å². The van der Waals surface area contributed by atoms with Crippen molar-refractivity contribution in [3.8, 4) is 0 Å². The molecule has 3 nitrogen and oxygen atoms in total. The summed E-state index contributed by atoms with van der Waals surface area (Å²) in [6.07, 6.45) is 6.81. The summed E-state index contributed by atoms with van der Waals surface area (Å²) in [5.41, 5.74) is 3.32. The van der Waals surface area contributed by atoms with Crippen LogP contribution in [0.1, 0.15) is 50.5 Å². The van der Waals surface area contributed by atoms with Gasteiger partial charge in [0.15, 0.2) is 0 Å². The van der Waals surface area contributed by atoms with Gasteiger partial charge in [-0.1, -0.05) is 36.7 Å². The van der Waals surface area contributed by atoms with E-state index in [1.165, 1.54) is 10.9 Å². The van der Waals surface area contributed by atoms with E-state index in [-0.39, 0.29) is 11.3 Å². The molecule has 144 valence electrons. The van der Waals surface area contributed by atoms with Crippen molar-refractivity contribution in [2.75, 3.05) is 5.32 Å². The smallest absolute Gasteiger partial charge is 0.224 e. The van der Waals surface area contributed by atoms with Gasteiger partial charge in [0, 0.05) is 28.7 Å². The molecule has 1 amide bonds. The molecule has 1 aliphatic rings. The van der Waals surface area contributed by atoms with E-state index in [0.717, 1.165) is 36.9 Å². The molecule has 1 saturated carbocycles. The van der Waals surface area contributed by atoms with E-state index in [0.29, 0.717) is 17.4 Å². The van der Waals surface area contributed by atoms with E-state index in [1.807, 2.05) is 24.4 Å². The molecule has 3 aromatic rings. The third-order valence-electron chi connectivity index (χ3n) is 6.03. The number of carbonyl (C=O) groups excluding carboxylic acids is 1. The van der Waals surface area contributed by atoms with Gasteiger partial charge in [0.05, 0.1) is 5.52 Å². The Bertz CT molecular complexity index is 970. The van der Waals surface area contributed by atoms with E-state index in [4.69, 9.17) is 11.6 Å². The predicted molar refractivity (Wildman–Crippen MR) is 116 cm³/mol. The van der Waals surface area contributed by atoms with Gasteiger partial charge < -0.3 is 5.32 Å². The van der Waals surface area contributed by atoms with Crippen molar-refractivity contribution in [1.29, 1.82) is 0 Å². The fourth-order valence-electron chi connectivity index (χ4n) is 4.40. The molecule has 1 aliphatic carbocycles. The van der Waals surface area contributed by atoms with E-state index in [9.17, 15) is 4.79 Å². The maximum atomic E-state index is 12.5. The lowest BCUT2D eigenvalue weighted by Crippen LogP contribution is -2.29. The number of rotatable bonds is 4. The van der Waals surface area contributed by atoms with Crippen molar-refractivity contribution >= 4 is 34.1 Å². The van der Waals surface area contributed by atoms with Crippen LogP contribution in [0.4, 0.5) is 5.69 Å². The quantitative estimate of drug-likeness (QED) is 0.544. The first kappa shape index (κ1) is 18.9. The summed E-state index contributed by atoms with van der Waals surface area (Å²) in [5, 5.41) is 4.94. The minimum absolute atomic E-state index is 0.0514. The van der Waals surface area contributed by atoms with Crippen LogP contribution in [0.15, 0.2) is 60.8 Å². The monoisotopic (exact) mass is 392 g/mol. The average molecular weight is 393 g/mol. The minimum Gasteiger partial charge on any atom is -0.326 e. The normalized spacial score (nSPS) is 22.1. The first-order valence-electron chi connectivity index (χ1n) is 9.92. The highest BCUT2D eigenvalue weighted by atomic mass is 35.5. The second kappa shape index (κ2) is 7.92. The maximum Gasteiger partial charge on any atom is 0.224 e. The molecule has 1 aromatic heterocycles. The van der Waals surface area contributed by atoms with Gasteiger partial charge in [-0.2, -0.15) is 0 Å². The molecule has 1 fully saturated rings. The summed E-state index contributed by atoms with van der Waals surface area (Å²) in [5.74, 6) is 0.623. The molecule has 1 heterocycles. The topological polar surface area (TPSA) is 42.0 Å². The van der Waals surface area contributed by atoms with Crippen molar-refractivity contribution in [3.63, 3.8) is 0 Å². The van der Waals surface area contributed by atoms with Crippen molar-refractivity contribution in [3.05, 3.63) is 71.4 Å². The second-order valence-electron chi connectivity index (χ2n) is 8.23. The zero-order chi connectivity index (χ0) is 19.6. The largest absolute Gasteiger partial charge is 0.326 e. The van der Waals surface area contributed by atoms with Crippen LogP contribution in [0.25, 0.3) is 10.9 Å². The van der Waals surface area contributed by atoms with Gasteiger partial charge in [-0.25, -0.2) is 0 Å². The number of nitrogens with one attached hydrogen (secondary N) is 1. The van der Waals surface area contributed by atoms with Gasteiger partial charge in [-0.05, 0) is 79.0 Å². The number of para-hydroxylation sites is 1. The minimum atomic E-state index is 0.0514. The maximum absolute atomic E-state index is 12.5. The molecule has 0 atom stereocenters. The Morgan fingerprint density at radius 1 is 1.11 bits per heavy atom. The summed E-state index contributed by atoms with van der Waals surface area (Å²) < 4.78 is 0. The van der Waals surface area contributed by atoms with Crippen molar-refractivity contribution < 1.29 is 4.79 Å². The third-order valence-corrected chi connectivity index (χ3v) is 6.28. The summed E-state index contributed by atoms with van der Waals surface area (Å²) in [4.78, 5) is 17.0. The number of hydrogen-bond acceptors (Lipinski definition) is 2. The number of halogens is 1. The number of fused-ring (bicyclic) bond motifs is 1. The van der Waals surface area contributed by atoms with Crippen LogP contribution in [0.5, 0.6) is 0 Å². The van der Waals surface area contributed by atoms with E-state index in [2.05, 4.69) is 41.5 Å². The zero-order valence-corrected chi connectivity index (χ0v) is 16.9. The number of benzene rings is 2. The second-order valence-corrected chi connectivity index (χ2v) is 8.67. The molecule has 0 saturated heterocycles. The van der Waals surface area contributed by atoms with E-state index >= 15 is 0 Å². The number of amides is 1. The fraction of sp³-hybridized carbons (Fsp3) is 0.333. The Labute approximate surface area is 171 Å². The van der Waals surface area contributed by atoms with Crippen LogP contribution < -0.4 is 5.32 Å². The molecule has 1 N–H and O–H groups in total. The van der Waals surface area contributed by atoms with Crippen LogP contribution in [0.2, 0.25) is 5.02 Å². The van der Waals surface area contributed by atoms with E-state index < -0.39 is 0 Å². The zero-order valence-electron chi connectivity index (χ0n) is 16.1. The Kier molecular flexibility index (Phi) is 5.36. The third kappa shape index (κ3) is 4.20. The Balaban J connectivity index is 1.39. The molecule has 0 radical (unpaired) electrons. The number of aromatic nitrogens is 1. The summed E-state index contributed by atoms with van der Waals surface area (Å²) in [7, 11) is 0. The van der Waals surface area contributed by atoms with Gasteiger partial charge in [-0.15, -0.1) is 0 Å². The summed E-state index contributed by atoms with van der Waals surface area (Å²) in [6, 6.07) is 17.8. The first-order valence-corrected chi connectivity index (χ1v) is 10.3. The predicted octanol–water partition coefficient (Wildman–Crippen LogP) is 6.58. The standard InChI is InChI=1S/C24H25ClN2O/c1-24(16-23(28)27-19-8-6-18(25)7-9-19)13-10-17(11-14-24)20-12-15-26-22-5-3-2-4-21(20)22/h2-9,12,15,17H,10-11,13-14,16H2,1H3,(H,27,28). The Morgan fingerprint density at radius 2 is 1.82 bits per heavy atom. The molecule has 2 aromatic carbocycles. The molecule has 0 spiro atoms. The Hall–Kier alpha value is -2.39. The highest BCUT2D eigenvalue weighted by molar-refractivity contribution is 6.30. The molecule has 4 rings (SSSR count). The molecular formula is C24H25ClN2O. The first-order chi connectivity index (χ1) is 13.5.